The summed E-state index contributed by atoms with van der Waals surface area (Å²) in [6, 6.07) is 3.27. The fourth-order valence-electron chi connectivity index (χ4n) is 2.14. The largest absolute Gasteiger partial charge is 0.478 e. The molecule has 0 bridgehead atoms. The first kappa shape index (κ1) is 11.5. The summed E-state index contributed by atoms with van der Waals surface area (Å²) < 4.78 is 1.57. The molecule has 1 unspecified atom stereocenters. The van der Waals surface area contributed by atoms with Crippen LogP contribution in [0.5, 0.6) is 0 Å². The van der Waals surface area contributed by atoms with E-state index in [4.69, 9.17) is 5.11 Å². The van der Waals surface area contributed by atoms with E-state index in [0.717, 1.165) is 18.0 Å². The summed E-state index contributed by atoms with van der Waals surface area (Å²) in [6.07, 6.45) is 3.84. The van der Waals surface area contributed by atoms with Crippen molar-refractivity contribution in [2.24, 2.45) is 0 Å². The van der Waals surface area contributed by atoms with Crippen molar-refractivity contribution in [3.63, 3.8) is 0 Å². The quantitative estimate of drug-likeness (QED) is 0.898. The zero-order chi connectivity index (χ0) is 12.5. The van der Waals surface area contributed by atoms with Crippen molar-refractivity contribution in [1.82, 2.24) is 14.6 Å². The molecule has 1 aliphatic rings. The second kappa shape index (κ2) is 4.61. The van der Waals surface area contributed by atoms with E-state index in [1.54, 1.807) is 16.6 Å². The van der Waals surface area contributed by atoms with Crippen molar-refractivity contribution in [3.8, 4) is 0 Å². The Bertz CT molecular complexity index is 590. The topological polar surface area (TPSA) is 67.5 Å². The van der Waals surface area contributed by atoms with Crippen molar-refractivity contribution in [2.45, 2.75) is 18.8 Å². The summed E-state index contributed by atoms with van der Waals surface area (Å²) in [5.74, 6) is 2.57. The Balaban J connectivity index is 1.97. The van der Waals surface area contributed by atoms with Crippen LogP contribution in [0.25, 0.3) is 5.65 Å². The Morgan fingerprint density at radius 2 is 2.39 bits per heavy atom. The Labute approximate surface area is 108 Å². The molecular formula is C12H13N3O2S. The second-order valence-electron chi connectivity index (χ2n) is 4.41. The first-order chi connectivity index (χ1) is 8.74. The molecule has 1 saturated heterocycles. The van der Waals surface area contributed by atoms with Crippen molar-refractivity contribution in [2.75, 3.05) is 11.5 Å². The average molecular weight is 263 g/mol. The molecule has 1 atom stereocenters. The first-order valence-corrected chi connectivity index (χ1v) is 7.07. The van der Waals surface area contributed by atoms with Crippen LogP contribution < -0.4 is 0 Å². The maximum atomic E-state index is 10.9. The van der Waals surface area contributed by atoms with E-state index in [9.17, 15) is 4.79 Å². The average Bonchev–Trinajstić information content (AvgIpc) is 2.82. The Morgan fingerprint density at radius 1 is 1.50 bits per heavy atom. The molecular weight excluding hydrogens is 250 g/mol. The molecule has 0 radical (unpaired) electrons. The van der Waals surface area contributed by atoms with E-state index in [1.165, 1.54) is 18.4 Å². The van der Waals surface area contributed by atoms with Crippen LogP contribution in [0.4, 0.5) is 0 Å². The lowest BCUT2D eigenvalue weighted by Crippen LogP contribution is -2.10. The highest BCUT2D eigenvalue weighted by atomic mass is 32.2. The fourth-order valence-corrected chi connectivity index (χ4v) is 3.28. The number of carboxylic acid groups (broad SMARTS) is 1. The van der Waals surface area contributed by atoms with Gasteiger partial charge >= 0.3 is 5.97 Å². The molecule has 94 valence electrons. The molecule has 1 fully saturated rings. The Morgan fingerprint density at radius 3 is 3.11 bits per heavy atom. The normalized spacial score (nSPS) is 20.1. The van der Waals surface area contributed by atoms with E-state index in [2.05, 4.69) is 10.1 Å². The first-order valence-electron chi connectivity index (χ1n) is 5.91. The zero-order valence-electron chi connectivity index (χ0n) is 9.74. The molecule has 0 saturated carbocycles. The van der Waals surface area contributed by atoms with Gasteiger partial charge in [-0.05, 0) is 30.7 Å². The van der Waals surface area contributed by atoms with Crippen LogP contribution in [-0.4, -0.2) is 37.2 Å². The summed E-state index contributed by atoms with van der Waals surface area (Å²) >= 11 is 1.93. The fraction of sp³-hybridized carbons (Fsp3) is 0.417. The number of thioether (sulfide) groups is 1. The number of carboxylic acids is 1. The molecule has 0 aromatic carbocycles. The van der Waals surface area contributed by atoms with Crippen molar-refractivity contribution < 1.29 is 9.90 Å². The summed E-state index contributed by atoms with van der Waals surface area (Å²) in [5, 5.41) is 13.3. The molecule has 3 rings (SSSR count). The predicted octanol–water partition coefficient (Wildman–Crippen LogP) is 2.04. The zero-order valence-corrected chi connectivity index (χ0v) is 10.6. The van der Waals surface area contributed by atoms with Gasteiger partial charge in [-0.25, -0.2) is 14.3 Å². The monoisotopic (exact) mass is 263 g/mol. The van der Waals surface area contributed by atoms with Gasteiger partial charge in [0, 0.05) is 17.9 Å². The van der Waals surface area contributed by atoms with Gasteiger partial charge in [0.05, 0.1) is 5.56 Å². The van der Waals surface area contributed by atoms with Gasteiger partial charge < -0.3 is 5.11 Å². The summed E-state index contributed by atoms with van der Waals surface area (Å²) in [4.78, 5) is 15.4. The summed E-state index contributed by atoms with van der Waals surface area (Å²) in [5.41, 5.74) is 0.947. The van der Waals surface area contributed by atoms with Gasteiger partial charge in [0.1, 0.15) is 0 Å². The number of fused-ring (bicyclic) bond motifs is 1. The van der Waals surface area contributed by atoms with Crippen LogP contribution in [0.2, 0.25) is 0 Å². The Hall–Kier alpha value is -1.56. The number of hydrogen-bond acceptors (Lipinski definition) is 4. The molecule has 2 aromatic rings. The van der Waals surface area contributed by atoms with Crippen LogP contribution >= 0.6 is 11.8 Å². The van der Waals surface area contributed by atoms with E-state index in [0.29, 0.717) is 11.6 Å². The highest BCUT2D eigenvalue weighted by Gasteiger charge is 2.20. The molecule has 5 nitrogen and oxygen atoms in total. The minimum Gasteiger partial charge on any atom is -0.478 e. The van der Waals surface area contributed by atoms with E-state index in [-0.39, 0.29) is 5.56 Å². The van der Waals surface area contributed by atoms with Crippen LogP contribution in [0.1, 0.15) is 34.9 Å². The van der Waals surface area contributed by atoms with Crippen LogP contribution in [0.3, 0.4) is 0 Å². The van der Waals surface area contributed by atoms with Crippen LogP contribution in [-0.2, 0) is 0 Å². The maximum absolute atomic E-state index is 10.9. The molecule has 0 aliphatic carbocycles. The Kier molecular flexibility index (Phi) is 2.95. The number of rotatable bonds is 2. The van der Waals surface area contributed by atoms with Gasteiger partial charge in [-0.1, -0.05) is 0 Å². The van der Waals surface area contributed by atoms with Crippen molar-refractivity contribution >= 4 is 23.4 Å². The van der Waals surface area contributed by atoms with Gasteiger partial charge in [-0.2, -0.15) is 16.9 Å². The standard InChI is InChI=1S/C12H13N3O2S/c16-12(17)8-3-4-10-13-11(14-15(10)6-8)9-2-1-5-18-7-9/h3-4,6,9H,1-2,5,7H2,(H,16,17). The lowest BCUT2D eigenvalue weighted by molar-refractivity contribution is 0.0696. The number of hydrogen-bond donors (Lipinski definition) is 1. The highest BCUT2D eigenvalue weighted by Crippen LogP contribution is 2.29. The molecule has 3 heterocycles. The minimum atomic E-state index is -0.942. The van der Waals surface area contributed by atoms with E-state index in [1.807, 2.05) is 11.8 Å². The third-order valence-electron chi connectivity index (χ3n) is 3.12. The smallest absolute Gasteiger partial charge is 0.337 e. The van der Waals surface area contributed by atoms with Gasteiger partial charge in [0.2, 0.25) is 0 Å². The van der Waals surface area contributed by atoms with Crippen LogP contribution in [0, 0.1) is 0 Å². The maximum Gasteiger partial charge on any atom is 0.337 e. The molecule has 1 N–H and O–H groups in total. The van der Waals surface area contributed by atoms with Gasteiger partial charge in [-0.3, -0.25) is 0 Å². The molecule has 0 amide bonds. The highest BCUT2D eigenvalue weighted by molar-refractivity contribution is 7.99. The molecule has 1 aliphatic heterocycles. The number of pyridine rings is 1. The van der Waals surface area contributed by atoms with E-state index >= 15 is 0 Å². The van der Waals surface area contributed by atoms with E-state index < -0.39 is 5.97 Å². The number of carbonyl (C=O) groups is 1. The van der Waals surface area contributed by atoms with Gasteiger partial charge in [0.15, 0.2) is 11.5 Å². The number of aromatic nitrogens is 3. The predicted molar refractivity (Wildman–Crippen MR) is 69.2 cm³/mol. The van der Waals surface area contributed by atoms with Gasteiger partial charge in [-0.15, -0.1) is 0 Å². The lowest BCUT2D eigenvalue weighted by atomic mass is 10.1. The third-order valence-corrected chi connectivity index (χ3v) is 4.34. The van der Waals surface area contributed by atoms with Crippen LogP contribution in [0.15, 0.2) is 18.3 Å². The molecule has 6 heteroatoms. The molecule has 2 aromatic heterocycles. The summed E-state index contributed by atoms with van der Waals surface area (Å²) in [6.45, 7) is 0. The number of nitrogens with zero attached hydrogens (tertiary/aromatic N) is 3. The summed E-state index contributed by atoms with van der Waals surface area (Å²) in [7, 11) is 0. The van der Waals surface area contributed by atoms with Crippen molar-refractivity contribution in [1.29, 1.82) is 0 Å². The SMILES string of the molecule is O=C(O)c1ccc2nc(C3CCCSC3)nn2c1. The minimum absolute atomic E-state index is 0.233. The molecule has 18 heavy (non-hydrogen) atoms. The third kappa shape index (κ3) is 2.08. The van der Waals surface area contributed by atoms with Gasteiger partial charge in [0.25, 0.3) is 0 Å². The second-order valence-corrected chi connectivity index (χ2v) is 5.56. The lowest BCUT2D eigenvalue weighted by Gasteiger charge is -2.17. The molecule has 0 spiro atoms. The number of aromatic carboxylic acids is 1. The van der Waals surface area contributed by atoms with Crippen molar-refractivity contribution in [3.05, 3.63) is 29.7 Å².